The number of rotatable bonds is 9. The van der Waals surface area contributed by atoms with Gasteiger partial charge >= 0.3 is 5.97 Å². The summed E-state index contributed by atoms with van der Waals surface area (Å²) in [5.41, 5.74) is 1.54. The zero-order valence-corrected chi connectivity index (χ0v) is 17.6. The number of nitrogens with one attached hydrogen (secondary N) is 1. The Kier molecular flexibility index (Phi) is 7.65. The van der Waals surface area contributed by atoms with Crippen molar-refractivity contribution in [3.8, 4) is 17.2 Å². The Bertz CT molecular complexity index is 996. The first kappa shape index (κ1) is 21.9. The summed E-state index contributed by atoms with van der Waals surface area (Å²) in [7, 11) is 1.61. The van der Waals surface area contributed by atoms with Gasteiger partial charge in [0.1, 0.15) is 17.2 Å². The van der Waals surface area contributed by atoms with Gasteiger partial charge in [0, 0.05) is 11.3 Å². The third-order valence-corrected chi connectivity index (χ3v) is 4.52. The minimum absolute atomic E-state index is 0.255. The lowest BCUT2D eigenvalue weighted by molar-refractivity contribution is 0.0499. The molecule has 0 atom stereocenters. The van der Waals surface area contributed by atoms with Crippen LogP contribution in [0.3, 0.4) is 0 Å². The van der Waals surface area contributed by atoms with E-state index in [-0.39, 0.29) is 11.9 Å². The minimum Gasteiger partial charge on any atom is -0.497 e. The van der Waals surface area contributed by atoms with E-state index in [2.05, 4.69) is 5.32 Å². The summed E-state index contributed by atoms with van der Waals surface area (Å²) in [6.45, 7) is 2.44. The van der Waals surface area contributed by atoms with Gasteiger partial charge in [0.15, 0.2) is 0 Å². The van der Waals surface area contributed by atoms with Crippen LogP contribution in [0.4, 0.5) is 5.69 Å². The van der Waals surface area contributed by atoms with E-state index in [9.17, 15) is 9.59 Å². The van der Waals surface area contributed by atoms with Crippen LogP contribution < -0.4 is 14.8 Å². The number of benzene rings is 3. The van der Waals surface area contributed by atoms with E-state index >= 15 is 0 Å². The number of methoxy groups -OCH3 is 1. The highest BCUT2D eigenvalue weighted by atomic mass is 16.5. The second-order valence-electron chi connectivity index (χ2n) is 6.82. The fourth-order valence-electron chi connectivity index (χ4n) is 2.74. The van der Waals surface area contributed by atoms with Gasteiger partial charge in [-0.25, -0.2) is 4.79 Å². The van der Waals surface area contributed by atoms with Gasteiger partial charge in [-0.2, -0.15) is 0 Å². The molecule has 3 aromatic rings. The fraction of sp³-hybridized carbons (Fsp3) is 0.200. The lowest BCUT2D eigenvalue weighted by Gasteiger charge is -2.09. The van der Waals surface area contributed by atoms with Crippen LogP contribution in [0, 0.1) is 0 Å². The molecule has 0 radical (unpaired) electrons. The Morgan fingerprint density at radius 2 is 1.32 bits per heavy atom. The van der Waals surface area contributed by atoms with E-state index in [1.165, 1.54) is 0 Å². The molecule has 1 amide bonds. The van der Waals surface area contributed by atoms with E-state index in [0.717, 1.165) is 18.6 Å². The highest BCUT2D eigenvalue weighted by molar-refractivity contribution is 6.04. The summed E-state index contributed by atoms with van der Waals surface area (Å²) in [5.74, 6) is 1.42. The molecule has 6 heteroatoms. The molecular weight excluding hydrogens is 394 g/mol. The monoisotopic (exact) mass is 419 g/mol. The van der Waals surface area contributed by atoms with Crippen molar-refractivity contribution in [3.63, 3.8) is 0 Å². The van der Waals surface area contributed by atoms with Crippen LogP contribution in [0.1, 0.15) is 40.5 Å². The number of hydrogen-bond acceptors (Lipinski definition) is 5. The van der Waals surface area contributed by atoms with Crippen molar-refractivity contribution in [2.24, 2.45) is 0 Å². The van der Waals surface area contributed by atoms with Crippen molar-refractivity contribution < 1.29 is 23.8 Å². The van der Waals surface area contributed by atoms with Crippen LogP contribution >= 0.6 is 0 Å². The average Bonchev–Trinajstić information content (AvgIpc) is 2.80. The maximum Gasteiger partial charge on any atom is 0.338 e. The van der Waals surface area contributed by atoms with Crippen molar-refractivity contribution in [2.75, 3.05) is 19.0 Å². The molecule has 0 aliphatic rings. The number of anilines is 1. The average molecular weight is 419 g/mol. The number of carbonyl (C=O) groups excluding carboxylic acids is 2. The topological polar surface area (TPSA) is 73.9 Å². The maximum absolute atomic E-state index is 12.5. The van der Waals surface area contributed by atoms with Crippen molar-refractivity contribution in [1.29, 1.82) is 0 Å². The van der Waals surface area contributed by atoms with Crippen LogP contribution in [0.25, 0.3) is 0 Å². The Morgan fingerprint density at radius 3 is 1.90 bits per heavy atom. The first-order valence-electron chi connectivity index (χ1n) is 10.1. The Morgan fingerprint density at radius 1 is 0.774 bits per heavy atom. The van der Waals surface area contributed by atoms with Gasteiger partial charge in [-0.1, -0.05) is 13.3 Å². The second-order valence-corrected chi connectivity index (χ2v) is 6.82. The van der Waals surface area contributed by atoms with E-state index in [4.69, 9.17) is 14.2 Å². The molecule has 31 heavy (non-hydrogen) atoms. The van der Waals surface area contributed by atoms with Crippen molar-refractivity contribution in [2.45, 2.75) is 19.8 Å². The number of ether oxygens (including phenoxy) is 3. The van der Waals surface area contributed by atoms with Gasteiger partial charge in [-0.15, -0.1) is 0 Å². The Labute approximate surface area is 181 Å². The zero-order valence-electron chi connectivity index (χ0n) is 17.6. The molecule has 0 saturated heterocycles. The largest absolute Gasteiger partial charge is 0.497 e. The molecule has 1 N–H and O–H groups in total. The van der Waals surface area contributed by atoms with Gasteiger partial charge < -0.3 is 19.5 Å². The first-order chi connectivity index (χ1) is 15.1. The van der Waals surface area contributed by atoms with E-state index < -0.39 is 0 Å². The highest BCUT2D eigenvalue weighted by Crippen LogP contribution is 2.24. The summed E-state index contributed by atoms with van der Waals surface area (Å²) in [6.07, 6.45) is 1.80. The molecule has 6 nitrogen and oxygen atoms in total. The number of amides is 1. The minimum atomic E-state index is -0.362. The summed E-state index contributed by atoms with van der Waals surface area (Å²) in [6, 6.07) is 20.7. The van der Waals surface area contributed by atoms with E-state index in [0.29, 0.717) is 34.9 Å². The van der Waals surface area contributed by atoms with Gasteiger partial charge in [0.25, 0.3) is 5.91 Å². The van der Waals surface area contributed by atoms with Gasteiger partial charge in [0.05, 0.1) is 19.3 Å². The van der Waals surface area contributed by atoms with Crippen LogP contribution in [0.15, 0.2) is 72.8 Å². The van der Waals surface area contributed by atoms with Gasteiger partial charge in [-0.3, -0.25) is 4.79 Å². The quantitative estimate of drug-likeness (QED) is 0.356. The summed E-state index contributed by atoms with van der Waals surface area (Å²) in [5, 5.41) is 2.81. The normalized spacial score (nSPS) is 10.3. The molecule has 3 rings (SSSR count). The molecule has 0 fully saturated rings. The standard InChI is InChI=1S/C25H25NO5/c1-3-4-17-30-25(28)19-5-9-20(10-6-19)26-24(27)18-7-11-22(12-8-18)31-23-15-13-21(29-2)14-16-23/h5-16H,3-4,17H2,1-2H3,(H,26,27). The third kappa shape index (κ3) is 6.34. The molecule has 0 spiro atoms. The summed E-state index contributed by atoms with van der Waals surface area (Å²) >= 11 is 0. The summed E-state index contributed by atoms with van der Waals surface area (Å²) < 4.78 is 16.1. The smallest absolute Gasteiger partial charge is 0.338 e. The Balaban J connectivity index is 1.55. The fourth-order valence-corrected chi connectivity index (χ4v) is 2.74. The molecule has 160 valence electrons. The number of hydrogen-bond donors (Lipinski definition) is 1. The Hall–Kier alpha value is -3.80. The third-order valence-electron chi connectivity index (χ3n) is 4.52. The molecule has 3 aromatic carbocycles. The van der Waals surface area contributed by atoms with E-state index in [1.807, 2.05) is 31.2 Å². The molecule has 0 saturated carbocycles. The zero-order chi connectivity index (χ0) is 22.1. The molecule has 0 aromatic heterocycles. The maximum atomic E-state index is 12.5. The van der Waals surface area contributed by atoms with Crippen LogP contribution in [0.2, 0.25) is 0 Å². The van der Waals surface area contributed by atoms with Crippen molar-refractivity contribution >= 4 is 17.6 Å². The highest BCUT2D eigenvalue weighted by Gasteiger charge is 2.09. The lowest BCUT2D eigenvalue weighted by atomic mass is 10.1. The SMILES string of the molecule is CCCCOC(=O)c1ccc(NC(=O)c2ccc(Oc3ccc(OC)cc3)cc2)cc1. The molecule has 0 aliphatic carbocycles. The molecule has 0 bridgehead atoms. The summed E-state index contributed by atoms with van der Waals surface area (Å²) in [4.78, 5) is 24.4. The van der Waals surface area contributed by atoms with Crippen LogP contribution in [-0.2, 0) is 4.74 Å². The van der Waals surface area contributed by atoms with Gasteiger partial charge in [0.2, 0.25) is 0 Å². The first-order valence-corrected chi connectivity index (χ1v) is 10.1. The number of unbranched alkanes of at least 4 members (excludes halogenated alkanes) is 1. The van der Waals surface area contributed by atoms with Crippen molar-refractivity contribution in [1.82, 2.24) is 0 Å². The van der Waals surface area contributed by atoms with Crippen molar-refractivity contribution in [3.05, 3.63) is 83.9 Å². The molecule has 0 heterocycles. The van der Waals surface area contributed by atoms with Crippen LogP contribution in [0.5, 0.6) is 17.2 Å². The second kappa shape index (κ2) is 10.8. The predicted molar refractivity (Wildman–Crippen MR) is 119 cm³/mol. The molecular formula is C25H25NO5. The van der Waals surface area contributed by atoms with Gasteiger partial charge in [-0.05, 0) is 79.2 Å². The molecule has 0 unspecified atom stereocenters. The predicted octanol–water partition coefficient (Wildman–Crippen LogP) is 5.70. The number of esters is 1. The number of carbonyl (C=O) groups is 2. The van der Waals surface area contributed by atoms with E-state index in [1.54, 1.807) is 55.6 Å². The lowest BCUT2D eigenvalue weighted by Crippen LogP contribution is -2.12. The van der Waals surface area contributed by atoms with Crippen LogP contribution in [-0.4, -0.2) is 25.6 Å². The molecule has 0 aliphatic heterocycles.